The van der Waals surface area contributed by atoms with Gasteiger partial charge in [0.15, 0.2) is 0 Å². The van der Waals surface area contributed by atoms with Crippen LogP contribution in [0.5, 0.6) is 0 Å². The number of anilines is 1. The van der Waals surface area contributed by atoms with Crippen molar-refractivity contribution in [3.05, 3.63) is 28.8 Å². The molecule has 3 nitrogen and oxygen atoms in total. The minimum Gasteiger partial charge on any atom is -0.398 e. The van der Waals surface area contributed by atoms with Crippen LogP contribution in [0.3, 0.4) is 0 Å². The number of halogens is 1. The van der Waals surface area contributed by atoms with E-state index in [1.54, 1.807) is 0 Å². The van der Waals surface area contributed by atoms with E-state index in [0.29, 0.717) is 6.04 Å². The zero-order valence-electron chi connectivity index (χ0n) is 11.9. The molecule has 1 atom stereocenters. The maximum Gasteiger partial charge on any atom is 0.0471 e. The number of nitrogens with zero attached hydrogens (tertiary/aromatic N) is 2. The third-order valence-electron chi connectivity index (χ3n) is 4.01. The van der Waals surface area contributed by atoms with Crippen molar-refractivity contribution in [2.24, 2.45) is 0 Å². The molecule has 1 aliphatic rings. The number of likely N-dealkylation sites (N-methyl/N-ethyl adjacent to an activating group) is 1. The van der Waals surface area contributed by atoms with Crippen LogP contribution < -0.4 is 5.73 Å². The molecule has 4 heteroatoms. The molecule has 0 aliphatic carbocycles. The van der Waals surface area contributed by atoms with Gasteiger partial charge in [0.05, 0.1) is 0 Å². The minimum absolute atomic E-state index is 0.586. The van der Waals surface area contributed by atoms with Crippen molar-refractivity contribution in [3.8, 4) is 0 Å². The summed E-state index contributed by atoms with van der Waals surface area (Å²) in [5.41, 5.74) is 7.95. The first-order valence-corrected chi connectivity index (χ1v) is 7.45. The fourth-order valence-electron chi connectivity index (χ4n) is 2.83. The molecule has 1 aromatic rings. The highest BCUT2D eigenvalue weighted by molar-refractivity contribution is 6.31. The van der Waals surface area contributed by atoms with Crippen molar-refractivity contribution in [3.63, 3.8) is 0 Å². The molecule has 2 N–H and O–H groups in total. The molecule has 19 heavy (non-hydrogen) atoms. The zero-order chi connectivity index (χ0) is 13.8. The Morgan fingerprint density at radius 3 is 2.84 bits per heavy atom. The zero-order valence-corrected chi connectivity index (χ0v) is 12.7. The van der Waals surface area contributed by atoms with Crippen molar-refractivity contribution >= 4 is 17.3 Å². The second kappa shape index (κ2) is 6.60. The lowest BCUT2D eigenvalue weighted by Gasteiger charge is -2.30. The van der Waals surface area contributed by atoms with Crippen LogP contribution in [0.1, 0.15) is 25.3 Å². The standard InChI is InChI=1S/C15H24ClN3/c1-3-12-10-18(2)8-5-9-19(12)11-13-14(16)6-4-7-15(13)17/h4,6-7,12H,3,5,8-11,17H2,1-2H3. The predicted octanol–water partition coefficient (Wildman–Crippen LogP) is 2.84. The first kappa shape index (κ1) is 14.6. The topological polar surface area (TPSA) is 32.5 Å². The lowest BCUT2D eigenvalue weighted by molar-refractivity contribution is 0.176. The molecule has 106 valence electrons. The molecule has 0 bridgehead atoms. The molecular formula is C15H24ClN3. The molecule has 1 aromatic carbocycles. The van der Waals surface area contributed by atoms with Crippen LogP contribution in [0.2, 0.25) is 5.02 Å². The molecule has 0 saturated carbocycles. The largest absolute Gasteiger partial charge is 0.398 e. The fraction of sp³-hybridized carbons (Fsp3) is 0.600. The highest BCUT2D eigenvalue weighted by atomic mass is 35.5. The van der Waals surface area contributed by atoms with Gasteiger partial charge in [-0.25, -0.2) is 0 Å². The predicted molar refractivity (Wildman–Crippen MR) is 82.5 cm³/mol. The van der Waals surface area contributed by atoms with Gasteiger partial charge in [-0.3, -0.25) is 4.90 Å². The monoisotopic (exact) mass is 281 g/mol. The quantitative estimate of drug-likeness (QED) is 0.865. The van der Waals surface area contributed by atoms with Crippen LogP contribution >= 0.6 is 11.6 Å². The van der Waals surface area contributed by atoms with E-state index in [1.165, 1.54) is 13.0 Å². The van der Waals surface area contributed by atoms with Crippen LogP contribution in [-0.4, -0.2) is 42.5 Å². The maximum atomic E-state index is 6.29. The van der Waals surface area contributed by atoms with E-state index in [2.05, 4.69) is 23.8 Å². The van der Waals surface area contributed by atoms with E-state index in [0.717, 1.165) is 42.3 Å². The molecule has 0 amide bonds. The summed E-state index contributed by atoms with van der Waals surface area (Å²) >= 11 is 6.29. The first-order valence-electron chi connectivity index (χ1n) is 7.07. The third-order valence-corrected chi connectivity index (χ3v) is 4.37. The van der Waals surface area contributed by atoms with Gasteiger partial charge in [0.2, 0.25) is 0 Å². The Kier molecular flexibility index (Phi) is 5.08. The van der Waals surface area contributed by atoms with Crippen LogP contribution in [0, 0.1) is 0 Å². The van der Waals surface area contributed by atoms with Gasteiger partial charge in [-0.2, -0.15) is 0 Å². The molecule has 1 saturated heterocycles. The lowest BCUT2D eigenvalue weighted by atomic mass is 10.1. The smallest absolute Gasteiger partial charge is 0.0471 e. The fourth-order valence-corrected chi connectivity index (χ4v) is 3.08. The van der Waals surface area contributed by atoms with E-state index in [9.17, 15) is 0 Å². The maximum absolute atomic E-state index is 6.29. The summed E-state index contributed by atoms with van der Waals surface area (Å²) in [7, 11) is 2.20. The molecule has 2 rings (SSSR count). The van der Waals surface area contributed by atoms with Crippen molar-refractivity contribution in [1.82, 2.24) is 9.80 Å². The molecule has 0 aromatic heterocycles. The Balaban J connectivity index is 2.16. The minimum atomic E-state index is 0.586. The summed E-state index contributed by atoms with van der Waals surface area (Å²) < 4.78 is 0. The number of rotatable bonds is 3. The highest BCUT2D eigenvalue weighted by Gasteiger charge is 2.23. The summed E-state index contributed by atoms with van der Waals surface area (Å²) in [6.07, 6.45) is 2.37. The van der Waals surface area contributed by atoms with Crippen LogP contribution in [-0.2, 0) is 6.54 Å². The van der Waals surface area contributed by atoms with Gasteiger partial charge in [-0.05, 0) is 38.6 Å². The SMILES string of the molecule is CCC1CN(C)CCCN1Cc1c(N)cccc1Cl. The van der Waals surface area contributed by atoms with E-state index in [4.69, 9.17) is 17.3 Å². The summed E-state index contributed by atoms with van der Waals surface area (Å²) in [5, 5.41) is 0.785. The summed E-state index contributed by atoms with van der Waals surface area (Å²) in [6.45, 7) is 6.53. The van der Waals surface area contributed by atoms with Gasteiger partial charge in [0, 0.05) is 41.9 Å². The van der Waals surface area contributed by atoms with Crippen LogP contribution in [0.4, 0.5) is 5.69 Å². The molecule has 1 heterocycles. The number of benzene rings is 1. The second-order valence-corrected chi connectivity index (χ2v) is 5.86. The van der Waals surface area contributed by atoms with Gasteiger partial charge >= 0.3 is 0 Å². The second-order valence-electron chi connectivity index (χ2n) is 5.46. The summed E-state index contributed by atoms with van der Waals surface area (Å²) in [6, 6.07) is 6.36. The van der Waals surface area contributed by atoms with Crippen molar-refractivity contribution < 1.29 is 0 Å². The Labute approximate surface area is 121 Å². The van der Waals surface area contributed by atoms with Crippen LogP contribution in [0.25, 0.3) is 0 Å². The van der Waals surface area contributed by atoms with Gasteiger partial charge in [-0.1, -0.05) is 24.6 Å². The molecular weight excluding hydrogens is 258 g/mol. The summed E-state index contributed by atoms with van der Waals surface area (Å²) in [4.78, 5) is 4.95. The molecule has 0 spiro atoms. The Morgan fingerprint density at radius 1 is 1.37 bits per heavy atom. The first-order chi connectivity index (χ1) is 9.11. The van der Waals surface area contributed by atoms with E-state index in [1.807, 2.05) is 18.2 Å². The number of hydrogen-bond donors (Lipinski definition) is 1. The van der Waals surface area contributed by atoms with Gasteiger partial charge in [0.1, 0.15) is 0 Å². The molecule has 1 fully saturated rings. The normalized spacial score (nSPS) is 22.4. The number of hydrogen-bond acceptors (Lipinski definition) is 3. The average Bonchev–Trinajstić information content (AvgIpc) is 2.55. The van der Waals surface area contributed by atoms with Crippen molar-refractivity contribution in [2.45, 2.75) is 32.4 Å². The number of nitrogen functional groups attached to an aromatic ring is 1. The van der Waals surface area contributed by atoms with Gasteiger partial charge in [-0.15, -0.1) is 0 Å². The van der Waals surface area contributed by atoms with Crippen molar-refractivity contribution in [1.29, 1.82) is 0 Å². The Hall–Kier alpha value is -0.770. The van der Waals surface area contributed by atoms with Gasteiger partial charge in [0.25, 0.3) is 0 Å². The summed E-state index contributed by atoms with van der Waals surface area (Å²) in [5.74, 6) is 0. The van der Waals surface area contributed by atoms with E-state index >= 15 is 0 Å². The third kappa shape index (κ3) is 3.62. The Bertz CT molecular complexity index is 402. The number of nitrogens with two attached hydrogens (primary N) is 1. The van der Waals surface area contributed by atoms with Gasteiger partial charge < -0.3 is 10.6 Å². The van der Waals surface area contributed by atoms with E-state index in [-0.39, 0.29) is 0 Å². The molecule has 1 aliphatic heterocycles. The lowest BCUT2D eigenvalue weighted by Crippen LogP contribution is -2.39. The van der Waals surface area contributed by atoms with E-state index < -0.39 is 0 Å². The molecule has 1 unspecified atom stereocenters. The highest BCUT2D eigenvalue weighted by Crippen LogP contribution is 2.25. The van der Waals surface area contributed by atoms with Crippen LogP contribution in [0.15, 0.2) is 18.2 Å². The van der Waals surface area contributed by atoms with Crippen molar-refractivity contribution in [2.75, 3.05) is 32.4 Å². The average molecular weight is 282 g/mol. The Morgan fingerprint density at radius 2 is 2.16 bits per heavy atom. The molecule has 0 radical (unpaired) electrons.